The van der Waals surface area contributed by atoms with E-state index in [1.165, 1.54) is 0 Å². The fraction of sp³-hybridized carbons (Fsp3) is 0.273. The minimum atomic E-state index is 0.0701. The van der Waals surface area contributed by atoms with Gasteiger partial charge in [0.25, 0.3) is 5.91 Å². The fourth-order valence-electron chi connectivity index (χ4n) is 3.44. The highest BCUT2D eigenvalue weighted by atomic mass is 16.5. The zero-order chi connectivity index (χ0) is 18.8. The number of hydrogen-bond donors (Lipinski definition) is 0. The predicted molar refractivity (Wildman–Crippen MR) is 104 cm³/mol. The highest BCUT2D eigenvalue weighted by Gasteiger charge is 2.28. The van der Waals surface area contributed by atoms with E-state index in [1.807, 2.05) is 77.2 Å². The lowest BCUT2D eigenvalue weighted by molar-refractivity contribution is 0.0606. The average molecular weight is 361 g/mol. The Morgan fingerprint density at radius 2 is 1.96 bits per heavy atom. The molecule has 1 aromatic heterocycles. The van der Waals surface area contributed by atoms with Crippen molar-refractivity contribution < 1.29 is 9.53 Å². The molecular weight excluding hydrogens is 338 g/mol. The topological polar surface area (TPSA) is 47.4 Å². The number of aromatic nitrogens is 2. The van der Waals surface area contributed by atoms with Crippen molar-refractivity contribution in [2.75, 3.05) is 0 Å². The van der Waals surface area contributed by atoms with Gasteiger partial charge in [-0.15, -0.1) is 0 Å². The number of carbonyl (C=O) groups is 1. The lowest BCUT2D eigenvalue weighted by Crippen LogP contribution is -2.44. The van der Waals surface area contributed by atoms with Crippen molar-refractivity contribution in [3.63, 3.8) is 0 Å². The number of rotatable bonds is 4. The normalized spacial score (nSPS) is 16.1. The summed E-state index contributed by atoms with van der Waals surface area (Å²) in [6, 6.07) is 19.6. The third-order valence-electron chi connectivity index (χ3n) is 4.87. The number of para-hydroxylation sites is 1. The summed E-state index contributed by atoms with van der Waals surface area (Å²) in [7, 11) is 0. The Balaban J connectivity index is 1.48. The van der Waals surface area contributed by atoms with Crippen molar-refractivity contribution in [3.8, 4) is 5.75 Å². The van der Waals surface area contributed by atoms with Gasteiger partial charge in [0, 0.05) is 11.6 Å². The third-order valence-corrected chi connectivity index (χ3v) is 4.87. The van der Waals surface area contributed by atoms with Crippen molar-refractivity contribution in [1.29, 1.82) is 0 Å². The minimum absolute atomic E-state index is 0.0701. The maximum Gasteiger partial charge on any atom is 0.254 e. The summed E-state index contributed by atoms with van der Waals surface area (Å²) >= 11 is 0. The van der Waals surface area contributed by atoms with Crippen molar-refractivity contribution in [2.24, 2.45) is 0 Å². The van der Waals surface area contributed by atoms with Gasteiger partial charge >= 0.3 is 0 Å². The van der Waals surface area contributed by atoms with Crippen LogP contribution in [0.3, 0.4) is 0 Å². The molecule has 0 saturated carbocycles. The molecule has 3 aromatic rings. The quantitative estimate of drug-likeness (QED) is 0.710. The fourth-order valence-corrected chi connectivity index (χ4v) is 3.44. The van der Waals surface area contributed by atoms with E-state index in [4.69, 9.17) is 4.74 Å². The molecule has 2 heterocycles. The Kier molecular flexibility index (Phi) is 4.67. The first-order valence-electron chi connectivity index (χ1n) is 9.21. The van der Waals surface area contributed by atoms with Gasteiger partial charge in [-0.1, -0.05) is 35.9 Å². The van der Waals surface area contributed by atoms with Crippen LogP contribution in [0.2, 0.25) is 0 Å². The number of aryl methyl sites for hydroxylation is 1. The largest absolute Gasteiger partial charge is 0.487 e. The van der Waals surface area contributed by atoms with E-state index in [0.717, 1.165) is 28.3 Å². The first-order valence-corrected chi connectivity index (χ1v) is 9.21. The monoisotopic (exact) mass is 361 g/mol. The third kappa shape index (κ3) is 3.72. The molecule has 0 N–H and O–H groups in total. The zero-order valence-corrected chi connectivity index (χ0v) is 15.6. The second kappa shape index (κ2) is 7.27. The van der Waals surface area contributed by atoms with Gasteiger partial charge in [0.15, 0.2) is 0 Å². The van der Waals surface area contributed by atoms with E-state index in [2.05, 4.69) is 12.0 Å². The molecule has 0 saturated heterocycles. The van der Waals surface area contributed by atoms with Gasteiger partial charge in [0.1, 0.15) is 18.1 Å². The van der Waals surface area contributed by atoms with Crippen LogP contribution >= 0.6 is 0 Å². The van der Waals surface area contributed by atoms with Crippen LogP contribution in [0, 0.1) is 6.92 Å². The average Bonchev–Trinajstić information content (AvgIpc) is 3.07. The highest BCUT2D eigenvalue weighted by molar-refractivity contribution is 5.94. The van der Waals surface area contributed by atoms with Crippen LogP contribution in [0.25, 0.3) is 0 Å². The second-order valence-electron chi connectivity index (χ2n) is 7.06. The SMILES string of the molecule is Cc1cccc(C(=O)N2Cc3cc(COc4ccccc4)nn3CC2C)c1. The first kappa shape index (κ1) is 17.3. The number of carbonyl (C=O) groups excluding carboxylic acids is 1. The molecule has 2 aromatic carbocycles. The van der Waals surface area contributed by atoms with Crippen LogP contribution in [0.1, 0.15) is 34.2 Å². The Hall–Kier alpha value is -3.08. The molecule has 0 aliphatic carbocycles. The molecule has 1 unspecified atom stereocenters. The van der Waals surface area contributed by atoms with Crippen LogP contribution < -0.4 is 4.74 Å². The summed E-state index contributed by atoms with van der Waals surface area (Å²) in [5.41, 5.74) is 3.75. The standard InChI is InChI=1S/C22H23N3O2/c1-16-7-6-8-18(11-16)22(26)24-14-20-12-19(23-25(20)13-17(24)2)15-27-21-9-4-3-5-10-21/h3-12,17H,13-15H2,1-2H3. The maximum atomic E-state index is 13.0. The first-order chi connectivity index (χ1) is 13.1. The molecule has 1 aliphatic rings. The Morgan fingerprint density at radius 1 is 1.15 bits per heavy atom. The molecule has 0 radical (unpaired) electrons. The second-order valence-corrected chi connectivity index (χ2v) is 7.06. The summed E-state index contributed by atoms with van der Waals surface area (Å²) < 4.78 is 7.79. The van der Waals surface area contributed by atoms with Gasteiger partial charge < -0.3 is 9.64 Å². The molecule has 1 aliphatic heterocycles. The molecule has 0 spiro atoms. The number of nitrogens with zero attached hydrogens (tertiary/aromatic N) is 3. The number of amides is 1. The van der Waals surface area contributed by atoms with Gasteiger partial charge in [-0.2, -0.15) is 5.10 Å². The van der Waals surface area contributed by atoms with E-state index in [1.54, 1.807) is 0 Å². The minimum Gasteiger partial charge on any atom is -0.487 e. The molecule has 27 heavy (non-hydrogen) atoms. The van der Waals surface area contributed by atoms with Crippen LogP contribution in [0.4, 0.5) is 0 Å². The summed E-state index contributed by atoms with van der Waals surface area (Å²) in [5, 5.41) is 4.65. The number of fused-ring (bicyclic) bond motifs is 1. The summed E-state index contributed by atoms with van der Waals surface area (Å²) in [4.78, 5) is 14.9. The van der Waals surface area contributed by atoms with Gasteiger partial charge in [-0.05, 0) is 44.2 Å². The summed E-state index contributed by atoms with van der Waals surface area (Å²) in [6.07, 6.45) is 0. The van der Waals surface area contributed by atoms with Crippen molar-refractivity contribution in [3.05, 3.63) is 83.2 Å². The van der Waals surface area contributed by atoms with Crippen molar-refractivity contribution in [2.45, 2.75) is 39.6 Å². The molecule has 1 amide bonds. The molecule has 0 bridgehead atoms. The lowest BCUT2D eigenvalue weighted by Gasteiger charge is -2.34. The van der Waals surface area contributed by atoms with E-state index >= 15 is 0 Å². The van der Waals surface area contributed by atoms with E-state index < -0.39 is 0 Å². The van der Waals surface area contributed by atoms with Gasteiger partial charge in [0.05, 0.1) is 18.8 Å². The van der Waals surface area contributed by atoms with Gasteiger partial charge in [0.2, 0.25) is 0 Å². The van der Waals surface area contributed by atoms with Gasteiger partial charge in [-0.25, -0.2) is 0 Å². The summed E-state index contributed by atoms with van der Waals surface area (Å²) in [5.74, 6) is 0.897. The molecular formula is C22H23N3O2. The number of hydrogen-bond acceptors (Lipinski definition) is 3. The predicted octanol–water partition coefficient (Wildman–Crippen LogP) is 3.82. The molecule has 0 fully saturated rings. The Morgan fingerprint density at radius 3 is 2.74 bits per heavy atom. The maximum absolute atomic E-state index is 13.0. The van der Waals surface area contributed by atoms with Crippen LogP contribution in [0.15, 0.2) is 60.7 Å². The van der Waals surface area contributed by atoms with Crippen molar-refractivity contribution in [1.82, 2.24) is 14.7 Å². The molecule has 5 heteroatoms. The van der Waals surface area contributed by atoms with Crippen LogP contribution in [-0.2, 0) is 19.7 Å². The Bertz CT molecular complexity index is 949. The number of benzene rings is 2. The van der Waals surface area contributed by atoms with Crippen LogP contribution in [-0.4, -0.2) is 26.6 Å². The van der Waals surface area contributed by atoms with E-state index in [0.29, 0.717) is 19.7 Å². The Labute approximate surface area is 159 Å². The van der Waals surface area contributed by atoms with Crippen LogP contribution in [0.5, 0.6) is 5.75 Å². The highest BCUT2D eigenvalue weighted by Crippen LogP contribution is 2.22. The zero-order valence-electron chi connectivity index (χ0n) is 15.6. The number of ether oxygens (including phenoxy) is 1. The molecule has 5 nitrogen and oxygen atoms in total. The lowest BCUT2D eigenvalue weighted by atomic mass is 10.1. The van der Waals surface area contributed by atoms with Crippen molar-refractivity contribution >= 4 is 5.91 Å². The smallest absolute Gasteiger partial charge is 0.254 e. The molecule has 1 atom stereocenters. The van der Waals surface area contributed by atoms with Gasteiger partial charge in [-0.3, -0.25) is 9.48 Å². The molecule has 138 valence electrons. The summed E-state index contributed by atoms with van der Waals surface area (Å²) in [6.45, 7) is 5.75. The molecule has 4 rings (SSSR count). The van der Waals surface area contributed by atoms with E-state index in [-0.39, 0.29) is 11.9 Å². The van der Waals surface area contributed by atoms with E-state index in [9.17, 15) is 4.79 Å².